The molecule has 0 radical (unpaired) electrons. The van der Waals surface area contributed by atoms with E-state index in [4.69, 9.17) is 0 Å². The second kappa shape index (κ2) is 2.89. The average molecular weight is 215 g/mol. The van der Waals surface area contributed by atoms with Crippen LogP contribution >= 0.6 is 0 Å². The smallest absolute Gasteiger partial charge is 0.252 e. The molecule has 1 aromatic rings. The molecule has 0 N–H and O–H groups in total. The van der Waals surface area contributed by atoms with Crippen molar-refractivity contribution in [3.8, 4) is 0 Å². The quantitative estimate of drug-likeness (QED) is 0.668. The van der Waals surface area contributed by atoms with Gasteiger partial charge in [-0.3, -0.25) is 4.68 Å². The van der Waals surface area contributed by atoms with Crippen molar-refractivity contribution in [3.63, 3.8) is 0 Å². The first kappa shape index (κ1) is 10.9. The molecule has 14 heavy (non-hydrogen) atoms. The Balaban J connectivity index is 3.23. The standard InChI is InChI=1S/C6H6F5N3/c1-3-4(12-13-14(3)2)5(7,8)6(9,10)11/h1-2H3. The van der Waals surface area contributed by atoms with Crippen molar-refractivity contribution >= 4 is 0 Å². The summed E-state index contributed by atoms with van der Waals surface area (Å²) in [7, 11) is 1.23. The fourth-order valence-electron chi connectivity index (χ4n) is 0.829. The van der Waals surface area contributed by atoms with E-state index in [1.165, 1.54) is 7.05 Å². The lowest BCUT2D eigenvalue weighted by Crippen LogP contribution is -2.34. The highest BCUT2D eigenvalue weighted by Gasteiger charge is 2.61. The maximum absolute atomic E-state index is 12.7. The Morgan fingerprint density at radius 3 is 1.93 bits per heavy atom. The second-order valence-corrected chi connectivity index (χ2v) is 2.72. The minimum absolute atomic E-state index is 0.313. The summed E-state index contributed by atoms with van der Waals surface area (Å²) in [4.78, 5) is 0. The van der Waals surface area contributed by atoms with E-state index < -0.39 is 17.8 Å². The van der Waals surface area contributed by atoms with E-state index in [1.807, 2.05) is 0 Å². The summed E-state index contributed by atoms with van der Waals surface area (Å²) in [5.74, 6) is -4.95. The van der Waals surface area contributed by atoms with E-state index in [1.54, 1.807) is 0 Å². The van der Waals surface area contributed by atoms with Crippen molar-refractivity contribution in [2.45, 2.75) is 19.0 Å². The topological polar surface area (TPSA) is 30.7 Å². The number of aromatic nitrogens is 3. The maximum atomic E-state index is 12.7. The van der Waals surface area contributed by atoms with Gasteiger partial charge in [0.05, 0.1) is 5.69 Å². The number of rotatable bonds is 1. The first-order valence-electron chi connectivity index (χ1n) is 3.49. The van der Waals surface area contributed by atoms with Crippen LogP contribution in [0.5, 0.6) is 0 Å². The van der Waals surface area contributed by atoms with Crippen LogP contribution in [0.2, 0.25) is 0 Å². The third-order valence-electron chi connectivity index (χ3n) is 1.76. The Morgan fingerprint density at radius 2 is 1.64 bits per heavy atom. The molecule has 0 aromatic carbocycles. The summed E-state index contributed by atoms with van der Waals surface area (Å²) in [6, 6.07) is 0. The second-order valence-electron chi connectivity index (χ2n) is 2.72. The van der Waals surface area contributed by atoms with Crippen LogP contribution in [0.1, 0.15) is 11.4 Å². The van der Waals surface area contributed by atoms with Gasteiger partial charge in [0, 0.05) is 7.05 Å². The monoisotopic (exact) mass is 215 g/mol. The molecule has 0 unspecified atom stereocenters. The summed E-state index contributed by atoms with van der Waals surface area (Å²) < 4.78 is 61.9. The van der Waals surface area contributed by atoms with E-state index in [0.717, 1.165) is 11.6 Å². The molecular formula is C6H6F5N3. The van der Waals surface area contributed by atoms with Crippen LogP contribution in [0.4, 0.5) is 22.0 Å². The fourth-order valence-corrected chi connectivity index (χ4v) is 0.829. The van der Waals surface area contributed by atoms with Crippen molar-refractivity contribution in [2.24, 2.45) is 7.05 Å². The van der Waals surface area contributed by atoms with Crippen LogP contribution in [-0.4, -0.2) is 21.2 Å². The summed E-state index contributed by atoms with van der Waals surface area (Å²) in [6.45, 7) is 1.09. The van der Waals surface area contributed by atoms with Crippen LogP contribution in [-0.2, 0) is 13.0 Å². The Labute approximate surface area is 75.5 Å². The van der Waals surface area contributed by atoms with Gasteiger partial charge in [-0.05, 0) is 6.92 Å². The van der Waals surface area contributed by atoms with Crippen molar-refractivity contribution < 1.29 is 22.0 Å². The molecule has 0 spiro atoms. The molecule has 0 amide bonds. The van der Waals surface area contributed by atoms with Gasteiger partial charge in [-0.2, -0.15) is 22.0 Å². The maximum Gasteiger partial charge on any atom is 0.459 e. The number of aryl methyl sites for hydroxylation is 1. The van der Waals surface area contributed by atoms with Gasteiger partial charge >= 0.3 is 12.1 Å². The molecular weight excluding hydrogens is 209 g/mol. The molecule has 1 aromatic heterocycles. The van der Waals surface area contributed by atoms with Crippen molar-refractivity contribution in [1.82, 2.24) is 15.0 Å². The summed E-state index contributed by atoms with van der Waals surface area (Å²) in [6.07, 6.45) is -5.65. The lowest BCUT2D eigenvalue weighted by atomic mass is 10.2. The number of hydrogen-bond donors (Lipinski definition) is 0. The van der Waals surface area contributed by atoms with Crippen LogP contribution in [0, 0.1) is 6.92 Å². The van der Waals surface area contributed by atoms with Gasteiger partial charge in [-0.25, -0.2) is 0 Å². The molecule has 8 heteroatoms. The Morgan fingerprint density at radius 1 is 1.14 bits per heavy atom. The molecule has 1 heterocycles. The van der Waals surface area contributed by atoms with E-state index in [-0.39, 0.29) is 5.69 Å². The minimum Gasteiger partial charge on any atom is -0.252 e. The van der Waals surface area contributed by atoms with Gasteiger partial charge in [0.2, 0.25) is 0 Å². The lowest BCUT2D eigenvalue weighted by molar-refractivity contribution is -0.291. The van der Waals surface area contributed by atoms with E-state index in [0.29, 0.717) is 0 Å². The largest absolute Gasteiger partial charge is 0.459 e. The van der Waals surface area contributed by atoms with Gasteiger partial charge in [0.15, 0.2) is 5.69 Å². The zero-order valence-corrected chi connectivity index (χ0v) is 7.23. The number of nitrogens with zero attached hydrogens (tertiary/aromatic N) is 3. The van der Waals surface area contributed by atoms with Crippen molar-refractivity contribution in [1.29, 1.82) is 0 Å². The van der Waals surface area contributed by atoms with E-state index in [2.05, 4.69) is 10.3 Å². The Hall–Kier alpha value is -1.21. The zero-order valence-electron chi connectivity index (χ0n) is 7.23. The fraction of sp³-hybridized carbons (Fsp3) is 0.667. The summed E-state index contributed by atoms with van der Waals surface area (Å²) in [5, 5.41) is 5.88. The molecule has 0 atom stereocenters. The molecule has 0 bridgehead atoms. The molecule has 0 saturated carbocycles. The molecule has 80 valence electrons. The van der Waals surface area contributed by atoms with E-state index >= 15 is 0 Å². The van der Waals surface area contributed by atoms with Gasteiger partial charge in [-0.15, -0.1) is 5.10 Å². The normalized spacial score (nSPS) is 13.4. The summed E-state index contributed by atoms with van der Waals surface area (Å²) >= 11 is 0. The molecule has 0 aliphatic heterocycles. The molecule has 0 aliphatic carbocycles. The predicted molar refractivity (Wildman–Crippen MR) is 35.7 cm³/mol. The van der Waals surface area contributed by atoms with Gasteiger partial charge in [-0.1, -0.05) is 5.21 Å². The molecule has 0 fully saturated rings. The first-order chi connectivity index (χ1) is 6.18. The average Bonchev–Trinajstić information content (AvgIpc) is 2.30. The third-order valence-corrected chi connectivity index (χ3v) is 1.76. The van der Waals surface area contributed by atoms with Gasteiger partial charge < -0.3 is 0 Å². The molecule has 0 aliphatic rings. The number of alkyl halides is 5. The van der Waals surface area contributed by atoms with Gasteiger partial charge in [0.25, 0.3) is 0 Å². The number of halogens is 5. The predicted octanol–water partition coefficient (Wildman–Crippen LogP) is 1.78. The SMILES string of the molecule is Cc1c(C(F)(F)C(F)(F)F)nnn1C. The lowest BCUT2D eigenvalue weighted by Gasteiger charge is -2.17. The van der Waals surface area contributed by atoms with Gasteiger partial charge in [0.1, 0.15) is 0 Å². The molecule has 3 nitrogen and oxygen atoms in total. The molecule has 0 saturated heterocycles. The third kappa shape index (κ3) is 1.44. The number of hydrogen-bond acceptors (Lipinski definition) is 2. The summed E-state index contributed by atoms with van der Waals surface area (Å²) in [5.41, 5.74) is -1.67. The Kier molecular flexibility index (Phi) is 2.24. The Bertz CT molecular complexity index is 340. The highest BCUT2D eigenvalue weighted by atomic mass is 19.4. The minimum atomic E-state index is -5.65. The van der Waals surface area contributed by atoms with Crippen LogP contribution in [0.15, 0.2) is 0 Å². The van der Waals surface area contributed by atoms with Crippen LogP contribution in [0.25, 0.3) is 0 Å². The van der Waals surface area contributed by atoms with E-state index in [9.17, 15) is 22.0 Å². The van der Waals surface area contributed by atoms with Crippen LogP contribution < -0.4 is 0 Å². The van der Waals surface area contributed by atoms with Crippen molar-refractivity contribution in [3.05, 3.63) is 11.4 Å². The van der Waals surface area contributed by atoms with Crippen LogP contribution in [0.3, 0.4) is 0 Å². The highest BCUT2D eigenvalue weighted by molar-refractivity contribution is 5.15. The molecule has 1 rings (SSSR count). The van der Waals surface area contributed by atoms with Crippen molar-refractivity contribution in [2.75, 3.05) is 0 Å². The zero-order chi connectivity index (χ0) is 11.1. The highest BCUT2D eigenvalue weighted by Crippen LogP contribution is 2.43. The first-order valence-corrected chi connectivity index (χ1v) is 3.49.